The van der Waals surface area contributed by atoms with Crippen molar-refractivity contribution in [3.05, 3.63) is 54.9 Å². The highest BCUT2D eigenvalue weighted by Crippen LogP contribution is 2.33. The van der Waals surface area contributed by atoms with Crippen LogP contribution in [0, 0.1) is 6.92 Å². The Balaban J connectivity index is 1.82. The number of rotatable bonds is 4. The van der Waals surface area contributed by atoms with E-state index in [1.165, 1.54) is 11.3 Å². The van der Waals surface area contributed by atoms with Crippen molar-refractivity contribution in [3.63, 3.8) is 0 Å². The summed E-state index contributed by atoms with van der Waals surface area (Å²) in [6, 6.07) is 5.18. The second kappa shape index (κ2) is 8.09. The molecule has 29 heavy (non-hydrogen) atoms. The Kier molecular flexibility index (Phi) is 5.69. The predicted molar refractivity (Wildman–Crippen MR) is 120 cm³/mol. The van der Waals surface area contributed by atoms with E-state index in [9.17, 15) is 9.59 Å². The third-order valence-electron chi connectivity index (χ3n) is 5.26. The van der Waals surface area contributed by atoms with Crippen LogP contribution >= 0.6 is 34.5 Å². The minimum absolute atomic E-state index is 0.0333. The predicted octanol–water partition coefficient (Wildman–Crippen LogP) is 5.47. The molecule has 0 bridgehead atoms. The molecule has 4 rings (SSSR count). The summed E-state index contributed by atoms with van der Waals surface area (Å²) in [6.45, 7) is 5.08. The van der Waals surface area contributed by atoms with E-state index in [4.69, 9.17) is 28.2 Å². The van der Waals surface area contributed by atoms with Gasteiger partial charge in [0.25, 0.3) is 11.5 Å². The maximum absolute atomic E-state index is 13.5. The van der Waals surface area contributed by atoms with E-state index in [2.05, 4.69) is 0 Å². The van der Waals surface area contributed by atoms with Crippen LogP contribution in [0.25, 0.3) is 10.2 Å². The fourth-order valence-electron chi connectivity index (χ4n) is 3.78. The van der Waals surface area contributed by atoms with Gasteiger partial charge in [0.15, 0.2) is 0 Å². The van der Waals surface area contributed by atoms with Gasteiger partial charge < -0.3 is 4.90 Å². The molecule has 152 valence electrons. The van der Waals surface area contributed by atoms with Gasteiger partial charge >= 0.3 is 0 Å². The molecule has 8 heteroatoms. The maximum atomic E-state index is 13.5. The summed E-state index contributed by atoms with van der Waals surface area (Å²) in [5, 5.41) is 1.41. The molecule has 0 aliphatic carbocycles. The van der Waals surface area contributed by atoms with Crippen LogP contribution in [0.5, 0.6) is 0 Å². The van der Waals surface area contributed by atoms with Gasteiger partial charge in [-0.15, -0.1) is 11.3 Å². The van der Waals surface area contributed by atoms with Gasteiger partial charge in [-0.05, 0) is 49.9 Å². The Morgan fingerprint density at radius 1 is 1.28 bits per heavy atom. The molecular formula is C21H21Cl2N3O2S. The third kappa shape index (κ3) is 3.58. The smallest absolute Gasteiger partial charge is 0.268 e. The standard InChI is InChI=1S/C21H21Cl2N3O2S/c1-3-9-25(13-7-8-14(22)15(23)11-13)21(28)18-12(2)17-19(29-18)24-16-6-4-5-10-26(16)20(17)27/h7-8,11H,3-6,9-10H2,1-2H3. The molecule has 0 fully saturated rings. The number of aromatic nitrogens is 2. The van der Waals surface area contributed by atoms with Crippen molar-refractivity contribution in [3.8, 4) is 0 Å². The molecule has 0 unspecified atom stereocenters. The average molecular weight is 450 g/mol. The molecule has 0 atom stereocenters. The van der Waals surface area contributed by atoms with Crippen LogP contribution in [0.3, 0.4) is 0 Å². The van der Waals surface area contributed by atoms with Gasteiger partial charge in [0, 0.05) is 25.2 Å². The molecule has 3 heterocycles. The highest BCUT2D eigenvalue weighted by atomic mass is 35.5. The van der Waals surface area contributed by atoms with Gasteiger partial charge in [0.2, 0.25) is 0 Å². The van der Waals surface area contributed by atoms with E-state index >= 15 is 0 Å². The largest absolute Gasteiger partial charge is 0.308 e. The molecule has 2 aromatic heterocycles. The summed E-state index contributed by atoms with van der Waals surface area (Å²) in [5.41, 5.74) is 1.36. The lowest BCUT2D eigenvalue weighted by Gasteiger charge is -2.22. The molecule has 1 aliphatic heterocycles. The number of hydrogen-bond donors (Lipinski definition) is 0. The molecular weight excluding hydrogens is 429 g/mol. The molecule has 3 aromatic rings. The molecule has 0 spiro atoms. The van der Waals surface area contributed by atoms with E-state index in [0.29, 0.717) is 49.5 Å². The van der Waals surface area contributed by atoms with Gasteiger partial charge in [0.1, 0.15) is 10.7 Å². The van der Waals surface area contributed by atoms with E-state index in [0.717, 1.165) is 31.5 Å². The number of amides is 1. The van der Waals surface area contributed by atoms with Gasteiger partial charge in [-0.25, -0.2) is 4.98 Å². The Bertz CT molecular complexity index is 1170. The topological polar surface area (TPSA) is 55.2 Å². The van der Waals surface area contributed by atoms with E-state index in [1.807, 2.05) is 13.8 Å². The van der Waals surface area contributed by atoms with Gasteiger partial charge in [-0.3, -0.25) is 14.2 Å². The minimum atomic E-state index is -0.145. The summed E-state index contributed by atoms with van der Waals surface area (Å²) in [7, 11) is 0. The van der Waals surface area contributed by atoms with Crippen LogP contribution in [-0.4, -0.2) is 22.0 Å². The Hall–Kier alpha value is -1.89. The van der Waals surface area contributed by atoms with Gasteiger partial charge in [-0.2, -0.15) is 0 Å². The van der Waals surface area contributed by atoms with Crippen molar-refractivity contribution >= 4 is 56.3 Å². The summed E-state index contributed by atoms with van der Waals surface area (Å²) < 4.78 is 1.77. The van der Waals surface area contributed by atoms with Crippen LogP contribution in [0.15, 0.2) is 23.0 Å². The van der Waals surface area contributed by atoms with Crippen LogP contribution in [-0.2, 0) is 13.0 Å². The molecule has 5 nitrogen and oxygen atoms in total. The number of carbonyl (C=O) groups is 1. The molecule has 1 aromatic carbocycles. The van der Waals surface area contributed by atoms with Crippen LogP contribution in [0.4, 0.5) is 5.69 Å². The number of halogens is 2. The number of carbonyl (C=O) groups excluding carboxylic acids is 1. The Labute approximate surface area is 182 Å². The summed E-state index contributed by atoms with van der Waals surface area (Å²) in [6.07, 6.45) is 3.61. The molecule has 1 aliphatic rings. The van der Waals surface area contributed by atoms with Crippen molar-refractivity contribution < 1.29 is 4.79 Å². The highest BCUT2D eigenvalue weighted by molar-refractivity contribution is 7.20. The number of nitrogens with zero attached hydrogens (tertiary/aromatic N) is 3. The molecule has 0 N–H and O–H groups in total. The van der Waals surface area contributed by atoms with E-state index < -0.39 is 0 Å². The van der Waals surface area contributed by atoms with E-state index in [1.54, 1.807) is 27.7 Å². The molecule has 0 radical (unpaired) electrons. The fraction of sp³-hybridized carbons (Fsp3) is 0.381. The van der Waals surface area contributed by atoms with Crippen molar-refractivity contribution in [1.29, 1.82) is 0 Å². The zero-order chi connectivity index (χ0) is 20.7. The summed E-state index contributed by atoms with van der Waals surface area (Å²) in [4.78, 5) is 34.1. The van der Waals surface area contributed by atoms with Crippen molar-refractivity contribution in [2.75, 3.05) is 11.4 Å². The second-order valence-corrected chi connectivity index (χ2v) is 9.05. The molecule has 0 saturated heterocycles. The van der Waals surface area contributed by atoms with Crippen molar-refractivity contribution in [1.82, 2.24) is 9.55 Å². The fourth-order valence-corrected chi connectivity index (χ4v) is 5.22. The lowest BCUT2D eigenvalue weighted by Crippen LogP contribution is -2.31. The van der Waals surface area contributed by atoms with Crippen LogP contribution in [0.1, 0.15) is 47.2 Å². The van der Waals surface area contributed by atoms with Crippen LogP contribution < -0.4 is 10.5 Å². The van der Waals surface area contributed by atoms with Crippen molar-refractivity contribution in [2.24, 2.45) is 0 Å². The lowest BCUT2D eigenvalue weighted by molar-refractivity contribution is 0.0990. The van der Waals surface area contributed by atoms with Gasteiger partial charge in [-0.1, -0.05) is 30.1 Å². The molecule has 0 saturated carbocycles. The third-order valence-corrected chi connectivity index (χ3v) is 7.18. The lowest BCUT2D eigenvalue weighted by atomic mass is 10.1. The summed E-state index contributed by atoms with van der Waals surface area (Å²) in [5.74, 6) is 0.678. The average Bonchev–Trinajstić information content (AvgIpc) is 3.04. The number of hydrogen-bond acceptors (Lipinski definition) is 4. The number of aryl methyl sites for hydroxylation is 2. The monoisotopic (exact) mass is 449 g/mol. The second-order valence-electron chi connectivity index (χ2n) is 7.23. The number of fused-ring (bicyclic) bond motifs is 2. The number of anilines is 1. The van der Waals surface area contributed by atoms with Crippen molar-refractivity contribution in [2.45, 2.75) is 46.1 Å². The zero-order valence-corrected chi connectivity index (χ0v) is 18.6. The maximum Gasteiger partial charge on any atom is 0.268 e. The number of thiophene rings is 1. The van der Waals surface area contributed by atoms with E-state index in [-0.39, 0.29) is 11.5 Å². The minimum Gasteiger partial charge on any atom is -0.308 e. The normalized spacial score (nSPS) is 13.5. The Morgan fingerprint density at radius 2 is 2.07 bits per heavy atom. The first-order valence-electron chi connectivity index (χ1n) is 9.72. The Morgan fingerprint density at radius 3 is 2.79 bits per heavy atom. The number of benzene rings is 1. The quantitative estimate of drug-likeness (QED) is 0.530. The first kappa shape index (κ1) is 20.4. The first-order valence-corrected chi connectivity index (χ1v) is 11.3. The highest BCUT2D eigenvalue weighted by Gasteiger charge is 2.26. The first-order chi connectivity index (χ1) is 13.9. The SMILES string of the molecule is CCCN(C(=O)c1sc2nc3n(c(=O)c2c1C)CCCC3)c1ccc(Cl)c(Cl)c1. The zero-order valence-electron chi connectivity index (χ0n) is 16.3. The summed E-state index contributed by atoms with van der Waals surface area (Å²) >= 11 is 13.5. The molecule has 1 amide bonds. The van der Waals surface area contributed by atoms with Gasteiger partial charge in [0.05, 0.1) is 20.3 Å². The van der Waals surface area contributed by atoms with Crippen LogP contribution in [0.2, 0.25) is 10.0 Å².